The zero-order valence-corrected chi connectivity index (χ0v) is 19.8. The molecule has 0 bridgehead atoms. The Morgan fingerprint density at radius 1 is 1.15 bits per heavy atom. The zero-order valence-electron chi connectivity index (χ0n) is 19.0. The van der Waals surface area contributed by atoms with Gasteiger partial charge in [0.15, 0.2) is 17.3 Å². The average molecular weight is 486 g/mol. The van der Waals surface area contributed by atoms with Crippen LogP contribution in [0.3, 0.4) is 0 Å². The van der Waals surface area contributed by atoms with Crippen molar-refractivity contribution < 1.29 is 23.9 Å². The molecule has 0 spiro atoms. The lowest BCUT2D eigenvalue weighted by Crippen LogP contribution is -2.45. The zero-order chi connectivity index (χ0) is 24.1. The highest BCUT2D eigenvalue weighted by molar-refractivity contribution is 6.44. The summed E-state index contributed by atoms with van der Waals surface area (Å²) in [5.74, 6) is 1.94. The molecular formula is C25H28ClN3O5. The molecule has 8 nitrogen and oxygen atoms in total. The van der Waals surface area contributed by atoms with Crippen LogP contribution < -0.4 is 15.2 Å². The quantitative estimate of drug-likeness (QED) is 0.309. The summed E-state index contributed by atoms with van der Waals surface area (Å²) in [6, 6.07) is 12.8. The number of furan rings is 1. The van der Waals surface area contributed by atoms with Crippen molar-refractivity contribution in [3.8, 4) is 11.5 Å². The molecule has 2 aromatic carbocycles. The van der Waals surface area contributed by atoms with E-state index in [-0.39, 0.29) is 11.5 Å². The number of amides is 1. The molecule has 0 saturated carbocycles. The summed E-state index contributed by atoms with van der Waals surface area (Å²) in [6.45, 7) is 7.43. The van der Waals surface area contributed by atoms with E-state index in [1.807, 2.05) is 6.07 Å². The van der Waals surface area contributed by atoms with Crippen LogP contribution in [-0.4, -0.2) is 54.6 Å². The lowest BCUT2D eigenvalue weighted by atomic mass is 10.0. The SMILES string of the molecule is CC1CN(CCCc2ccc3c(c2)OCCO3)C1.NC(=O)/C(=N/O)c1cc2cc(Cl)ccc2o1. The van der Waals surface area contributed by atoms with Crippen molar-refractivity contribution in [2.75, 3.05) is 32.8 Å². The molecule has 9 heteroatoms. The van der Waals surface area contributed by atoms with Gasteiger partial charge in [0.05, 0.1) is 0 Å². The summed E-state index contributed by atoms with van der Waals surface area (Å²) in [5, 5.41) is 12.7. The van der Waals surface area contributed by atoms with Crippen LogP contribution in [0, 0.1) is 5.92 Å². The minimum absolute atomic E-state index is 0.104. The Hall–Kier alpha value is -3.23. The van der Waals surface area contributed by atoms with Crippen LogP contribution >= 0.6 is 11.6 Å². The topological polar surface area (TPSA) is 111 Å². The molecule has 180 valence electrons. The van der Waals surface area contributed by atoms with Gasteiger partial charge in [-0.3, -0.25) is 4.79 Å². The molecule has 0 radical (unpaired) electrons. The van der Waals surface area contributed by atoms with E-state index in [0.717, 1.165) is 23.8 Å². The van der Waals surface area contributed by atoms with Gasteiger partial charge in [0.1, 0.15) is 18.8 Å². The predicted octanol–water partition coefficient (Wildman–Crippen LogP) is 4.09. The first kappa shape index (κ1) is 23.9. The molecule has 1 saturated heterocycles. The number of carbonyl (C=O) groups is 1. The fourth-order valence-electron chi connectivity index (χ4n) is 4.11. The second kappa shape index (κ2) is 10.8. The van der Waals surface area contributed by atoms with Crippen LogP contribution in [-0.2, 0) is 11.2 Å². The maximum absolute atomic E-state index is 10.9. The summed E-state index contributed by atoms with van der Waals surface area (Å²) in [4.78, 5) is 13.5. The number of rotatable bonds is 6. The fraction of sp³-hybridized carbons (Fsp3) is 0.360. The van der Waals surface area contributed by atoms with Gasteiger partial charge in [-0.25, -0.2) is 0 Å². The third kappa shape index (κ3) is 5.81. The summed E-state index contributed by atoms with van der Waals surface area (Å²) >= 11 is 5.79. The number of likely N-dealkylation sites (tertiary alicyclic amines) is 1. The number of benzene rings is 2. The van der Waals surface area contributed by atoms with Crippen LogP contribution in [0.5, 0.6) is 11.5 Å². The van der Waals surface area contributed by atoms with Crippen molar-refractivity contribution in [3.05, 3.63) is 58.8 Å². The third-order valence-corrected chi connectivity index (χ3v) is 5.97. The Kier molecular flexibility index (Phi) is 7.59. The van der Waals surface area contributed by atoms with Crippen LogP contribution in [0.1, 0.15) is 24.7 Å². The monoisotopic (exact) mass is 485 g/mol. The van der Waals surface area contributed by atoms with Crippen LogP contribution in [0.25, 0.3) is 11.0 Å². The van der Waals surface area contributed by atoms with E-state index in [1.54, 1.807) is 18.2 Å². The Labute approximate surface area is 202 Å². The molecule has 2 aliphatic heterocycles. The van der Waals surface area contributed by atoms with Crippen molar-refractivity contribution in [2.45, 2.75) is 19.8 Å². The average Bonchev–Trinajstić information content (AvgIpc) is 3.21. The summed E-state index contributed by atoms with van der Waals surface area (Å²) in [7, 11) is 0. The smallest absolute Gasteiger partial charge is 0.274 e. The number of nitrogens with zero attached hydrogens (tertiary/aromatic N) is 2. The van der Waals surface area contributed by atoms with Gasteiger partial charge in [-0.15, -0.1) is 0 Å². The first-order valence-corrected chi connectivity index (χ1v) is 11.6. The number of hydrogen-bond acceptors (Lipinski definition) is 7. The number of aryl methyl sites for hydroxylation is 1. The van der Waals surface area contributed by atoms with Gasteiger partial charge < -0.3 is 29.7 Å². The van der Waals surface area contributed by atoms with Gasteiger partial charge in [-0.2, -0.15) is 0 Å². The largest absolute Gasteiger partial charge is 0.486 e. The van der Waals surface area contributed by atoms with Crippen LogP contribution in [0.2, 0.25) is 5.02 Å². The highest BCUT2D eigenvalue weighted by atomic mass is 35.5. The van der Waals surface area contributed by atoms with Gasteiger partial charge in [0, 0.05) is 23.5 Å². The molecular weight excluding hydrogens is 458 g/mol. The summed E-state index contributed by atoms with van der Waals surface area (Å²) in [5.41, 5.74) is 6.57. The minimum atomic E-state index is -0.868. The lowest BCUT2D eigenvalue weighted by Gasteiger charge is -2.37. The highest BCUT2D eigenvalue weighted by Gasteiger charge is 2.21. The number of primary amides is 1. The molecule has 0 aliphatic carbocycles. The van der Waals surface area contributed by atoms with Gasteiger partial charge >= 0.3 is 0 Å². The molecule has 2 aliphatic rings. The maximum atomic E-state index is 10.9. The number of nitrogens with two attached hydrogens (primary N) is 1. The Morgan fingerprint density at radius 3 is 2.62 bits per heavy atom. The Balaban J connectivity index is 0.000000162. The second-order valence-electron chi connectivity index (χ2n) is 8.55. The first-order valence-electron chi connectivity index (χ1n) is 11.2. The highest BCUT2D eigenvalue weighted by Crippen LogP contribution is 2.31. The van der Waals surface area contributed by atoms with Gasteiger partial charge in [-0.1, -0.05) is 29.7 Å². The van der Waals surface area contributed by atoms with E-state index in [2.05, 4.69) is 29.1 Å². The molecule has 34 heavy (non-hydrogen) atoms. The standard InChI is InChI=1S/C15H21NO2.C10H7ClN2O3/c1-12-10-16(11-12)6-2-3-13-4-5-14-15(9-13)18-8-7-17-14;11-6-1-2-7-5(3-6)4-8(16-7)9(13-15)10(12)14/h4-5,9,12H,2-3,6-8,10-11H2,1H3;1-4,15H,(H2,12,14)/b;13-9+. The van der Waals surface area contributed by atoms with E-state index < -0.39 is 5.91 Å². The first-order chi connectivity index (χ1) is 16.4. The molecule has 5 rings (SSSR count). The van der Waals surface area contributed by atoms with Gasteiger partial charge in [0.2, 0.25) is 5.71 Å². The van der Waals surface area contributed by atoms with Crippen LogP contribution in [0.15, 0.2) is 52.0 Å². The number of carbonyl (C=O) groups excluding carboxylic acids is 1. The van der Waals surface area contributed by atoms with Crippen molar-refractivity contribution in [1.29, 1.82) is 0 Å². The normalized spacial score (nSPS) is 16.0. The molecule has 0 atom stereocenters. The fourth-order valence-corrected chi connectivity index (χ4v) is 4.29. The van der Waals surface area contributed by atoms with E-state index in [9.17, 15) is 4.79 Å². The van der Waals surface area contributed by atoms with E-state index in [4.69, 9.17) is 36.4 Å². The maximum Gasteiger partial charge on any atom is 0.274 e. The van der Waals surface area contributed by atoms with Crippen molar-refractivity contribution >= 4 is 34.2 Å². The van der Waals surface area contributed by atoms with Gasteiger partial charge in [0.25, 0.3) is 5.91 Å². The molecule has 0 unspecified atom stereocenters. The third-order valence-electron chi connectivity index (χ3n) is 5.73. The predicted molar refractivity (Wildman–Crippen MR) is 130 cm³/mol. The molecule has 3 heterocycles. The molecule has 1 aromatic heterocycles. The number of halogens is 1. The van der Waals surface area contributed by atoms with Crippen LogP contribution in [0.4, 0.5) is 0 Å². The second-order valence-corrected chi connectivity index (χ2v) is 8.99. The molecule has 1 fully saturated rings. The number of ether oxygens (including phenoxy) is 2. The number of oxime groups is 1. The number of hydrogen-bond donors (Lipinski definition) is 2. The van der Waals surface area contributed by atoms with E-state index in [0.29, 0.717) is 29.2 Å². The molecule has 3 aromatic rings. The Bertz CT molecular complexity index is 1190. The van der Waals surface area contributed by atoms with Gasteiger partial charge in [-0.05, 0) is 67.3 Å². The van der Waals surface area contributed by atoms with Crippen molar-refractivity contribution in [2.24, 2.45) is 16.8 Å². The molecule has 3 N–H and O–H groups in total. The molecule has 1 amide bonds. The van der Waals surface area contributed by atoms with E-state index >= 15 is 0 Å². The van der Waals surface area contributed by atoms with E-state index in [1.165, 1.54) is 37.7 Å². The Morgan fingerprint density at radius 2 is 1.91 bits per heavy atom. The lowest BCUT2D eigenvalue weighted by molar-refractivity contribution is -0.112. The van der Waals surface area contributed by atoms with Crippen molar-refractivity contribution in [3.63, 3.8) is 0 Å². The summed E-state index contributed by atoms with van der Waals surface area (Å²) in [6.07, 6.45) is 2.36. The minimum Gasteiger partial charge on any atom is -0.486 e. The number of fused-ring (bicyclic) bond motifs is 2. The summed E-state index contributed by atoms with van der Waals surface area (Å²) < 4.78 is 16.4. The van der Waals surface area contributed by atoms with Crippen molar-refractivity contribution in [1.82, 2.24) is 4.90 Å².